The van der Waals surface area contributed by atoms with Crippen LogP contribution in [0.25, 0.3) is 10.4 Å². The molecule has 0 unspecified atom stereocenters. The van der Waals surface area contributed by atoms with Crippen molar-refractivity contribution in [2.45, 2.75) is 0 Å². The minimum absolute atomic E-state index is 0.0328. The van der Waals surface area contributed by atoms with E-state index in [2.05, 4.69) is 5.32 Å². The Balaban J connectivity index is 1.54. The van der Waals surface area contributed by atoms with Crippen LogP contribution in [0.2, 0.25) is 0 Å². The SMILES string of the molecule is O=C(NCC(=O)N1CCOCC1)c1cc(-c2cccs2)cs1. The first-order valence-corrected chi connectivity index (χ1v) is 8.76. The van der Waals surface area contributed by atoms with Crippen LogP contribution in [0.1, 0.15) is 9.67 Å². The molecule has 1 aliphatic heterocycles. The van der Waals surface area contributed by atoms with Crippen LogP contribution < -0.4 is 5.32 Å². The van der Waals surface area contributed by atoms with Crippen LogP contribution in [0, 0.1) is 0 Å². The number of carbonyl (C=O) groups is 2. The Kier molecular flexibility index (Phi) is 4.87. The number of ether oxygens (including phenoxy) is 1. The van der Waals surface area contributed by atoms with Crippen molar-refractivity contribution in [1.29, 1.82) is 0 Å². The van der Waals surface area contributed by atoms with Crippen molar-refractivity contribution in [3.05, 3.63) is 33.8 Å². The van der Waals surface area contributed by atoms with Gasteiger partial charge in [-0.05, 0) is 17.5 Å². The maximum atomic E-state index is 12.1. The van der Waals surface area contributed by atoms with Crippen molar-refractivity contribution in [3.63, 3.8) is 0 Å². The summed E-state index contributed by atoms with van der Waals surface area (Å²) in [6.45, 7) is 2.35. The Morgan fingerprint density at radius 2 is 2.09 bits per heavy atom. The van der Waals surface area contributed by atoms with Gasteiger partial charge in [0.25, 0.3) is 5.91 Å². The molecule has 0 saturated carbocycles. The van der Waals surface area contributed by atoms with E-state index in [0.717, 1.165) is 10.4 Å². The maximum absolute atomic E-state index is 12.1. The number of thiophene rings is 2. The van der Waals surface area contributed by atoms with Gasteiger partial charge in [0.15, 0.2) is 0 Å². The molecule has 0 spiro atoms. The van der Waals surface area contributed by atoms with Crippen molar-refractivity contribution in [3.8, 4) is 10.4 Å². The van der Waals surface area contributed by atoms with Crippen LogP contribution in [0.4, 0.5) is 0 Å². The third-order valence-corrected chi connectivity index (χ3v) is 5.24. The van der Waals surface area contributed by atoms with Gasteiger partial charge >= 0.3 is 0 Å². The lowest BCUT2D eigenvalue weighted by molar-refractivity contribution is -0.134. The molecule has 2 amide bonds. The molecule has 2 aromatic rings. The second-order valence-electron chi connectivity index (χ2n) is 4.85. The summed E-state index contributed by atoms with van der Waals surface area (Å²) in [5.41, 5.74) is 1.05. The predicted molar refractivity (Wildman–Crippen MR) is 87.4 cm³/mol. The average molecular weight is 336 g/mol. The summed E-state index contributed by atoms with van der Waals surface area (Å²) in [5, 5.41) is 6.67. The molecule has 5 nitrogen and oxygen atoms in total. The molecule has 0 aromatic carbocycles. The number of morpholine rings is 1. The molecular formula is C15H16N2O3S2. The molecule has 22 heavy (non-hydrogen) atoms. The second kappa shape index (κ2) is 7.04. The second-order valence-corrected chi connectivity index (χ2v) is 6.71. The summed E-state index contributed by atoms with van der Waals surface area (Å²) in [5.74, 6) is -0.263. The van der Waals surface area contributed by atoms with E-state index >= 15 is 0 Å². The maximum Gasteiger partial charge on any atom is 0.261 e. The Morgan fingerprint density at radius 3 is 2.82 bits per heavy atom. The minimum Gasteiger partial charge on any atom is -0.378 e. The molecular weight excluding hydrogens is 320 g/mol. The van der Waals surface area contributed by atoms with E-state index in [0.29, 0.717) is 31.2 Å². The van der Waals surface area contributed by atoms with Crippen molar-refractivity contribution < 1.29 is 14.3 Å². The van der Waals surface area contributed by atoms with Gasteiger partial charge in [0.2, 0.25) is 5.91 Å². The molecule has 0 aliphatic carbocycles. The third-order valence-electron chi connectivity index (χ3n) is 3.39. The van der Waals surface area contributed by atoms with Crippen LogP contribution in [0.5, 0.6) is 0 Å². The molecule has 116 valence electrons. The van der Waals surface area contributed by atoms with Gasteiger partial charge in [-0.2, -0.15) is 0 Å². The Bertz CT molecular complexity index is 646. The van der Waals surface area contributed by atoms with Crippen molar-refractivity contribution in [2.24, 2.45) is 0 Å². The van der Waals surface area contributed by atoms with Crippen molar-refractivity contribution in [1.82, 2.24) is 10.2 Å². The fourth-order valence-corrected chi connectivity index (χ4v) is 3.81. The first-order chi connectivity index (χ1) is 10.7. The smallest absolute Gasteiger partial charge is 0.261 e. The number of carbonyl (C=O) groups excluding carboxylic acids is 2. The van der Waals surface area contributed by atoms with E-state index in [9.17, 15) is 9.59 Å². The highest BCUT2D eigenvalue weighted by molar-refractivity contribution is 7.15. The number of hydrogen-bond donors (Lipinski definition) is 1. The zero-order chi connectivity index (χ0) is 15.4. The molecule has 7 heteroatoms. The summed E-state index contributed by atoms with van der Waals surface area (Å²) >= 11 is 3.03. The molecule has 3 heterocycles. The fourth-order valence-electron chi connectivity index (χ4n) is 2.19. The highest BCUT2D eigenvalue weighted by Crippen LogP contribution is 2.29. The van der Waals surface area contributed by atoms with Crippen molar-refractivity contribution in [2.75, 3.05) is 32.8 Å². The summed E-state index contributed by atoms with van der Waals surface area (Å²) in [6, 6.07) is 5.87. The largest absolute Gasteiger partial charge is 0.378 e. The summed E-state index contributed by atoms with van der Waals surface area (Å²) in [6.07, 6.45) is 0. The molecule has 3 rings (SSSR count). The Labute approximate surface area is 136 Å². The molecule has 0 radical (unpaired) electrons. The lowest BCUT2D eigenvalue weighted by Gasteiger charge is -2.26. The van der Waals surface area contributed by atoms with Gasteiger partial charge in [-0.3, -0.25) is 9.59 Å². The summed E-state index contributed by atoms with van der Waals surface area (Å²) < 4.78 is 5.20. The van der Waals surface area contributed by atoms with Gasteiger partial charge in [0.05, 0.1) is 24.6 Å². The quantitative estimate of drug-likeness (QED) is 0.930. The van der Waals surface area contributed by atoms with E-state index in [1.165, 1.54) is 11.3 Å². The number of rotatable bonds is 4. The lowest BCUT2D eigenvalue weighted by atomic mass is 10.2. The molecule has 1 fully saturated rings. The number of amides is 2. The highest BCUT2D eigenvalue weighted by Gasteiger charge is 2.18. The van der Waals surface area contributed by atoms with Crippen LogP contribution in [0.15, 0.2) is 29.0 Å². The van der Waals surface area contributed by atoms with Gasteiger partial charge in [0.1, 0.15) is 0 Å². The fraction of sp³-hybridized carbons (Fsp3) is 0.333. The first kappa shape index (κ1) is 15.2. The van der Waals surface area contributed by atoms with E-state index in [1.807, 2.05) is 29.0 Å². The monoisotopic (exact) mass is 336 g/mol. The highest BCUT2D eigenvalue weighted by atomic mass is 32.1. The van der Waals surface area contributed by atoms with Crippen LogP contribution in [0.3, 0.4) is 0 Å². The zero-order valence-corrected chi connectivity index (χ0v) is 13.5. The van der Waals surface area contributed by atoms with Gasteiger partial charge < -0.3 is 15.0 Å². The molecule has 1 aliphatic rings. The van der Waals surface area contributed by atoms with Gasteiger partial charge in [-0.25, -0.2) is 0 Å². The minimum atomic E-state index is -0.200. The van der Waals surface area contributed by atoms with E-state index < -0.39 is 0 Å². The lowest BCUT2D eigenvalue weighted by Crippen LogP contribution is -2.45. The third kappa shape index (κ3) is 3.55. The van der Waals surface area contributed by atoms with Crippen LogP contribution in [-0.2, 0) is 9.53 Å². The molecule has 0 atom stereocenters. The van der Waals surface area contributed by atoms with Gasteiger partial charge in [0, 0.05) is 28.9 Å². The Hall–Kier alpha value is -1.70. The average Bonchev–Trinajstić information content (AvgIpc) is 3.23. The van der Waals surface area contributed by atoms with Gasteiger partial charge in [-0.1, -0.05) is 6.07 Å². The van der Waals surface area contributed by atoms with Crippen LogP contribution in [-0.4, -0.2) is 49.6 Å². The predicted octanol–water partition coefficient (Wildman–Crippen LogP) is 2.07. The summed E-state index contributed by atoms with van der Waals surface area (Å²) in [4.78, 5) is 27.6. The zero-order valence-electron chi connectivity index (χ0n) is 11.9. The standard InChI is InChI=1S/C15H16N2O3S2/c18-14(17-3-5-20-6-4-17)9-16-15(19)13-8-11(10-22-13)12-2-1-7-21-12/h1-2,7-8,10H,3-6,9H2,(H,16,19). The van der Waals surface area contributed by atoms with E-state index in [4.69, 9.17) is 4.74 Å². The number of nitrogens with zero attached hydrogens (tertiary/aromatic N) is 1. The molecule has 1 N–H and O–H groups in total. The Morgan fingerprint density at radius 1 is 1.27 bits per heavy atom. The number of hydrogen-bond acceptors (Lipinski definition) is 5. The topological polar surface area (TPSA) is 58.6 Å². The first-order valence-electron chi connectivity index (χ1n) is 7.00. The molecule has 0 bridgehead atoms. The number of nitrogens with one attached hydrogen (secondary N) is 1. The normalized spacial score (nSPS) is 14.8. The van der Waals surface area contributed by atoms with Gasteiger partial charge in [-0.15, -0.1) is 22.7 Å². The molecule has 2 aromatic heterocycles. The van der Waals surface area contributed by atoms with E-state index in [-0.39, 0.29) is 18.4 Å². The summed E-state index contributed by atoms with van der Waals surface area (Å²) in [7, 11) is 0. The van der Waals surface area contributed by atoms with Crippen molar-refractivity contribution >= 4 is 34.5 Å². The molecule has 1 saturated heterocycles. The van der Waals surface area contributed by atoms with Crippen LogP contribution >= 0.6 is 22.7 Å². The van der Waals surface area contributed by atoms with E-state index in [1.54, 1.807) is 16.2 Å².